The van der Waals surface area contributed by atoms with Crippen LogP contribution >= 0.6 is 0 Å². The number of rotatable bonds is 2. The molecule has 4 heterocycles. The summed E-state index contributed by atoms with van der Waals surface area (Å²) >= 11 is 0. The van der Waals surface area contributed by atoms with E-state index in [9.17, 15) is 4.79 Å². The van der Waals surface area contributed by atoms with Crippen LogP contribution in [0, 0.1) is 0 Å². The first kappa shape index (κ1) is 14.4. The highest BCUT2D eigenvalue weighted by atomic mass is 16.2. The summed E-state index contributed by atoms with van der Waals surface area (Å²) in [5.41, 5.74) is 0.799. The quantitative estimate of drug-likeness (QED) is 0.902. The average Bonchev–Trinajstić information content (AvgIpc) is 3.02. The minimum absolute atomic E-state index is 0.00269. The van der Waals surface area contributed by atoms with E-state index in [1.54, 1.807) is 0 Å². The molecule has 4 rings (SSSR count). The van der Waals surface area contributed by atoms with Crippen molar-refractivity contribution in [2.45, 2.75) is 31.8 Å². The third-order valence-electron chi connectivity index (χ3n) is 4.91. The van der Waals surface area contributed by atoms with Gasteiger partial charge in [0, 0.05) is 31.9 Å². The number of pyridine rings is 1. The molecule has 1 atom stereocenters. The standard InChI is InChI=1S/C16H22N6O/c23-16(21-10-9-20-7-3-1-5-13(20)12-21)17-11-15-19-18-14-6-2-4-8-22(14)15/h2,4,6,8,13H,1,3,5,7,9-12H2,(H,17,23). The lowest BCUT2D eigenvalue weighted by molar-refractivity contribution is 0.0642. The van der Waals surface area contributed by atoms with Gasteiger partial charge in [0.05, 0.1) is 6.54 Å². The Hall–Kier alpha value is -2.15. The first-order valence-electron chi connectivity index (χ1n) is 8.37. The number of carbonyl (C=O) groups excluding carboxylic acids is 1. The van der Waals surface area contributed by atoms with Crippen molar-refractivity contribution in [3.63, 3.8) is 0 Å². The summed E-state index contributed by atoms with van der Waals surface area (Å²) in [4.78, 5) is 16.9. The highest BCUT2D eigenvalue weighted by Gasteiger charge is 2.30. The predicted octanol–water partition coefficient (Wildman–Crippen LogP) is 1.11. The Balaban J connectivity index is 1.36. The van der Waals surface area contributed by atoms with Gasteiger partial charge in [-0.3, -0.25) is 9.30 Å². The van der Waals surface area contributed by atoms with Crippen LogP contribution in [0.2, 0.25) is 0 Å². The number of fused-ring (bicyclic) bond motifs is 2. The Morgan fingerprint density at radius 2 is 2.17 bits per heavy atom. The molecule has 0 aliphatic carbocycles. The van der Waals surface area contributed by atoms with Gasteiger partial charge in [0.25, 0.3) is 0 Å². The van der Waals surface area contributed by atoms with Crippen LogP contribution in [0.15, 0.2) is 24.4 Å². The van der Waals surface area contributed by atoms with Gasteiger partial charge in [0.1, 0.15) is 0 Å². The lowest BCUT2D eigenvalue weighted by Gasteiger charge is -2.43. The molecule has 2 fully saturated rings. The number of piperidine rings is 1. The third-order valence-corrected chi connectivity index (χ3v) is 4.91. The molecule has 2 aliphatic rings. The van der Waals surface area contributed by atoms with Crippen LogP contribution in [0.4, 0.5) is 4.79 Å². The number of nitrogens with zero attached hydrogens (tertiary/aromatic N) is 5. The Morgan fingerprint density at radius 1 is 1.22 bits per heavy atom. The molecule has 23 heavy (non-hydrogen) atoms. The molecule has 2 amide bonds. The number of hydrogen-bond donors (Lipinski definition) is 1. The fourth-order valence-electron chi connectivity index (χ4n) is 3.62. The van der Waals surface area contributed by atoms with Gasteiger partial charge >= 0.3 is 6.03 Å². The SMILES string of the molecule is O=C(NCc1nnc2ccccn12)N1CCN2CCCCC2C1. The van der Waals surface area contributed by atoms with Gasteiger partial charge in [-0.25, -0.2) is 4.79 Å². The van der Waals surface area contributed by atoms with Crippen molar-refractivity contribution < 1.29 is 4.79 Å². The monoisotopic (exact) mass is 314 g/mol. The minimum atomic E-state index is 0.00269. The van der Waals surface area contributed by atoms with Crippen LogP contribution in [0.5, 0.6) is 0 Å². The summed E-state index contributed by atoms with van der Waals surface area (Å²) in [7, 11) is 0. The zero-order valence-corrected chi connectivity index (χ0v) is 13.2. The average molecular weight is 314 g/mol. The van der Waals surface area contributed by atoms with Gasteiger partial charge in [0.15, 0.2) is 11.5 Å². The van der Waals surface area contributed by atoms with Crippen molar-refractivity contribution in [2.75, 3.05) is 26.2 Å². The van der Waals surface area contributed by atoms with Crippen molar-refractivity contribution in [2.24, 2.45) is 0 Å². The maximum Gasteiger partial charge on any atom is 0.317 e. The summed E-state index contributed by atoms with van der Waals surface area (Å²) in [6.07, 6.45) is 5.70. The lowest BCUT2D eigenvalue weighted by atomic mass is 10.00. The molecule has 0 saturated carbocycles. The Labute approximate surface area is 135 Å². The molecule has 1 unspecified atom stereocenters. The third kappa shape index (κ3) is 2.88. The smallest absolute Gasteiger partial charge is 0.317 e. The number of hydrogen-bond acceptors (Lipinski definition) is 4. The first-order chi connectivity index (χ1) is 11.3. The van der Waals surface area contributed by atoms with E-state index in [-0.39, 0.29) is 6.03 Å². The van der Waals surface area contributed by atoms with E-state index < -0.39 is 0 Å². The fraction of sp³-hybridized carbons (Fsp3) is 0.562. The van der Waals surface area contributed by atoms with Crippen molar-refractivity contribution in [1.82, 2.24) is 29.7 Å². The minimum Gasteiger partial charge on any atom is -0.331 e. The second-order valence-electron chi connectivity index (χ2n) is 6.34. The van der Waals surface area contributed by atoms with Crippen molar-refractivity contribution in [1.29, 1.82) is 0 Å². The number of piperazine rings is 1. The molecule has 1 N–H and O–H groups in total. The van der Waals surface area contributed by atoms with E-state index in [1.165, 1.54) is 25.8 Å². The first-order valence-corrected chi connectivity index (χ1v) is 8.37. The Kier molecular flexibility index (Phi) is 3.87. The van der Waals surface area contributed by atoms with Crippen molar-refractivity contribution in [3.8, 4) is 0 Å². The van der Waals surface area contributed by atoms with E-state index in [0.29, 0.717) is 12.6 Å². The Morgan fingerprint density at radius 3 is 3.13 bits per heavy atom. The molecule has 7 heteroatoms. The van der Waals surface area contributed by atoms with Gasteiger partial charge in [-0.1, -0.05) is 12.5 Å². The number of carbonyl (C=O) groups is 1. The topological polar surface area (TPSA) is 65.8 Å². The van der Waals surface area contributed by atoms with E-state index in [4.69, 9.17) is 0 Å². The number of urea groups is 1. The molecule has 0 aromatic carbocycles. The zero-order chi connectivity index (χ0) is 15.6. The van der Waals surface area contributed by atoms with Crippen LogP contribution in [0.1, 0.15) is 25.1 Å². The van der Waals surface area contributed by atoms with Gasteiger partial charge < -0.3 is 10.2 Å². The lowest BCUT2D eigenvalue weighted by Crippen LogP contribution is -2.57. The molecule has 122 valence electrons. The molecule has 0 bridgehead atoms. The molecular formula is C16H22N6O. The fourth-order valence-corrected chi connectivity index (χ4v) is 3.62. The van der Waals surface area contributed by atoms with Gasteiger partial charge in [-0.2, -0.15) is 0 Å². The molecule has 7 nitrogen and oxygen atoms in total. The van der Waals surface area contributed by atoms with Gasteiger partial charge in [0.2, 0.25) is 0 Å². The summed E-state index contributed by atoms with van der Waals surface area (Å²) < 4.78 is 1.90. The second kappa shape index (κ2) is 6.16. The van der Waals surface area contributed by atoms with Crippen LogP contribution in [0.3, 0.4) is 0 Å². The summed E-state index contributed by atoms with van der Waals surface area (Å²) in [6, 6.07) is 6.31. The van der Waals surface area contributed by atoms with Gasteiger partial charge in [-0.15, -0.1) is 10.2 Å². The molecular weight excluding hydrogens is 292 g/mol. The molecule has 2 aromatic rings. The number of aromatic nitrogens is 3. The second-order valence-corrected chi connectivity index (χ2v) is 6.34. The van der Waals surface area contributed by atoms with E-state index in [1.807, 2.05) is 33.7 Å². The van der Waals surface area contributed by atoms with Crippen molar-refractivity contribution in [3.05, 3.63) is 30.2 Å². The predicted molar refractivity (Wildman–Crippen MR) is 86.0 cm³/mol. The van der Waals surface area contributed by atoms with Gasteiger partial charge in [-0.05, 0) is 31.5 Å². The van der Waals surface area contributed by atoms with E-state index in [2.05, 4.69) is 20.4 Å². The largest absolute Gasteiger partial charge is 0.331 e. The normalized spacial score (nSPS) is 22.1. The Bertz CT molecular complexity index is 699. The summed E-state index contributed by atoms with van der Waals surface area (Å²) in [5, 5.41) is 11.2. The number of nitrogens with one attached hydrogen (secondary N) is 1. The highest BCUT2D eigenvalue weighted by Crippen LogP contribution is 2.21. The van der Waals surface area contributed by atoms with Crippen LogP contribution in [0.25, 0.3) is 5.65 Å². The number of amides is 2. The molecule has 2 aliphatic heterocycles. The zero-order valence-electron chi connectivity index (χ0n) is 13.2. The maximum atomic E-state index is 12.4. The molecule has 2 saturated heterocycles. The maximum absolute atomic E-state index is 12.4. The van der Waals surface area contributed by atoms with Crippen LogP contribution in [-0.4, -0.2) is 62.6 Å². The summed E-state index contributed by atoms with van der Waals surface area (Å²) in [5.74, 6) is 0.755. The summed E-state index contributed by atoms with van der Waals surface area (Å²) in [6.45, 7) is 4.22. The van der Waals surface area contributed by atoms with E-state index in [0.717, 1.165) is 31.1 Å². The van der Waals surface area contributed by atoms with Crippen molar-refractivity contribution >= 4 is 11.7 Å². The van der Waals surface area contributed by atoms with Crippen LogP contribution < -0.4 is 5.32 Å². The van der Waals surface area contributed by atoms with Crippen LogP contribution in [-0.2, 0) is 6.54 Å². The molecule has 2 aromatic heterocycles. The molecule has 0 radical (unpaired) electrons. The van der Waals surface area contributed by atoms with E-state index >= 15 is 0 Å². The molecule has 0 spiro atoms. The highest BCUT2D eigenvalue weighted by molar-refractivity contribution is 5.74.